The first-order valence-electron chi connectivity index (χ1n) is 11.1. The van der Waals surface area contributed by atoms with E-state index in [1.54, 1.807) is 0 Å². The van der Waals surface area contributed by atoms with Crippen LogP contribution in [0.15, 0.2) is 102 Å². The number of aromatic nitrogens is 2. The van der Waals surface area contributed by atoms with E-state index in [0.717, 1.165) is 44.2 Å². The van der Waals surface area contributed by atoms with Crippen LogP contribution in [-0.2, 0) is 5.41 Å². The molecule has 0 N–H and O–H groups in total. The van der Waals surface area contributed by atoms with Gasteiger partial charge in [0, 0.05) is 27.5 Å². The summed E-state index contributed by atoms with van der Waals surface area (Å²) < 4.78 is 0. The van der Waals surface area contributed by atoms with Gasteiger partial charge in [-0.25, -0.2) is 9.97 Å². The van der Waals surface area contributed by atoms with E-state index in [9.17, 15) is 0 Å². The highest BCUT2D eigenvalue weighted by molar-refractivity contribution is 7.80. The Bertz CT molecular complexity index is 1510. The van der Waals surface area contributed by atoms with Crippen molar-refractivity contribution in [2.45, 2.75) is 24.2 Å². The van der Waals surface area contributed by atoms with E-state index in [4.69, 9.17) is 9.97 Å². The average Bonchev–Trinajstić information content (AvgIpc) is 2.85. The summed E-state index contributed by atoms with van der Waals surface area (Å²) in [7, 11) is 0. The van der Waals surface area contributed by atoms with Crippen LogP contribution in [0.5, 0.6) is 0 Å². The number of fused-ring (bicyclic) bond motifs is 3. The first kappa shape index (κ1) is 20.0. The van der Waals surface area contributed by atoms with Gasteiger partial charge in [-0.05, 0) is 47.5 Å². The second-order valence-electron chi connectivity index (χ2n) is 8.94. The summed E-state index contributed by atoms with van der Waals surface area (Å²) in [6.07, 6.45) is 1.85. The highest BCUT2D eigenvalue weighted by Gasteiger charge is 2.37. The van der Waals surface area contributed by atoms with E-state index in [0.29, 0.717) is 0 Å². The Hall–Kier alpha value is -3.63. The number of hydrogen-bond acceptors (Lipinski definition) is 4. The summed E-state index contributed by atoms with van der Waals surface area (Å²) in [5.41, 5.74) is 7.65. The largest absolute Gasteiger partial charge is 0.294 e. The Kier molecular flexibility index (Phi) is 4.52. The highest BCUT2D eigenvalue weighted by atomic mass is 32.1. The number of nitrogens with zero attached hydrogens (tertiary/aromatic N) is 3. The molecule has 3 aromatic carbocycles. The van der Waals surface area contributed by atoms with Crippen LogP contribution in [0.3, 0.4) is 0 Å². The summed E-state index contributed by atoms with van der Waals surface area (Å²) in [4.78, 5) is 12.8. The molecule has 0 amide bonds. The minimum atomic E-state index is -0.134. The van der Waals surface area contributed by atoms with Gasteiger partial charge in [0.05, 0.1) is 22.6 Å². The number of para-hydroxylation sites is 2. The lowest BCUT2D eigenvalue weighted by atomic mass is 9.73. The molecule has 0 unspecified atom stereocenters. The minimum absolute atomic E-state index is 0.134. The molecule has 4 heteroatoms. The predicted molar refractivity (Wildman–Crippen MR) is 139 cm³/mol. The van der Waals surface area contributed by atoms with Crippen molar-refractivity contribution in [3.05, 3.63) is 108 Å². The Morgan fingerprint density at radius 3 is 2.42 bits per heavy atom. The fourth-order valence-corrected chi connectivity index (χ4v) is 5.17. The molecule has 3 nitrogen and oxygen atoms in total. The number of benzene rings is 3. The van der Waals surface area contributed by atoms with Crippen LogP contribution in [0.25, 0.3) is 22.2 Å². The predicted octanol–water partition coefficient (Wildman–Crippen LogP) is 7.69. The van der Waals surface area contributed by atoms with Crippen LogP contribution in [-0.4, -0.2) is 9.97 Å². The number of hydrogen-bond donors (Lipinski definition) is 1. The molecule has 3 heterocycles. The summed E-state index contributed by atoms with van der Waals surface area (Å²) in [5, 5.41) is 1.09. The normalized spacial score (nSPS) is 14.1. The van der Waals surface area contributed by atoms with Crippen molar-refractivity contribution in [1.82, 2.24) is 9.97 Å². The van der Waals surface area contributed by atoms with E-state index < -0.39 is 0 Å². The van der Waals surface area contributed by atoms with Crippen molar-refractivity contribution in [2.24, 2.45) is 0 Å². The first-order chi connectivity index (χ1) is 16.0. The van der Waals surface area contributed by atoms with Crippen molar-refractivity contribution in [1.29, 1.82) is 0 Å². The van der Waals surface area contributed by atoms with Gasteiger partial charge in [-0.15, -0.1) is 12.6 Å². The average molecular weight is 446 g/mol. The second-order valence-corrected chi connectivity index (χ2v) is 9.42. The number of pyridine rings is 2. The van der Waals surface area contributed by atoms with E-state index in [1.165, 1.54) is 11.1 Å². The molecule has 160 valence electrons. The van der Waals surface area contributed by atoms with Gasteiger partial charge in [0.1, 0.15) is 5.82 Å². The molecule has 6 rings (SSSR count). The Balaban J connectivity index is 1.59. The number of rotatable bonds is 2. The minimum Gasteiger partial charge on any atom is -0.294 e. The molecule has 1 aliphatic heterocycles. The zero-order chi connectivity index (χ0) is 22.6. The molecule has 1 aliphatic rings. The lowest BCUT2D eigenvalue weighted by Gasteiger charge is -2.41. The standard InChI is InChI=1S/C29H23N3S/c1-29(2)21-9-3-4-10-24(21)32(27-12-5-6-17-30-27)25-18-20(13-15-22(25)29)23-16-14-19-8-7-11-26(33)28(19)31-23/h3-18,33H,1-2H3. The molecule has 33 heavy (non-hydrogen) atoms. The van der Waals surface area contributed by atoms with Crippen molar-refractivity contribution in [3.8, 4) is 11.3 Å². The van der Waals surface area contributed by atoms with Gasteiger partial charge in [0.15, 0.2) is 0 Å². The van der Waals surface area contributed by atoms with Gasteiger partial charge in [-0.3, -0.25) is 4.90 Å². The molecular weight excluding hydrogens is 422 g/mol. The van der Waals surface area contributed by atoms with E-state index >= 15 is 0 Å². The molecule has 0 saturated carbocycles. The second kappa shape index (κ2) is 7.46. The van der Waals surface area contributed by atoms with Gasteiger partial charge in [-0.2, -0.15) is 0 Å². The lowest BCUT2D eigenvalue weighted by Crippen LogP contribution is -2.30. The molecule has 0 radical (unpaired) electrons. The zero-order valence-electron chi connectivity index (χ0n) is 18.5. The van der Waals surface area contributed by atoms with Crippen LogP contribution in [0.2, 0.25) is 0 Å². The molecule has 0 atom stereocenters. The van der Waals surface area contributed by atoms with Gasteiger partial charge in [0.25, 0.3) is 0 Å². The Morgan fingerprint density at radius 2 is 1.58 bits per heavy atom. The maximum atomic E-state index is 4.96. The van der Waals surface area contributed by atoms with Gasteiger partial charge >= 0.3 is 0 Å². The van der Waals surface area contributed by atoms with Crippen LogP contribution in [0.4, 0.5) is 17.2 Å². The van der Waals surface area contributed by atoms with E-state index in [-0.39, 0.29) is 5.41 Å². The van der Waals surface area contributed by atoms with Crippen LogP contribution in [0.1, 0.15) is 25.0 Å². The molecule has 0 spiro atoms. The van der Waals surface area contributed by atoms with E-state index in [2.05, 4.69) is 98.1 Å². The van der Waals surface area contributed by atoms with Gasteiger partial charge in [0.2, 0.25) is 0 Å². The van der Waals surface area contributed by atoms with Crippen LogP contribution < -0.4 is 4.90 Å². The summed E-state index contributed by atoms with van der Waals surface area (Å²) >= 11 is 4.63. The molecular formula is C29H23N3S. The summed E-state index contributed by atoms with van der Waals surface area (Å²) in [6, 6.07) is 31.6. The maximum Gasteiger partial charge on any atom is 0.137 e. The molecule has 0 aliphatic carbocycles. The van der Waals surface area contributed by atoms with Crippen molar-refractivity contribution < 1.29 is 0 Å². The summed E-state index contributed by atoms with van der Waals surface area (Å²) in [6.45, 7) is 4.59. The lowest BCUT2D eigenvalue weighted by molar-refractivity contribution is 0.631. The fraction of sp³-hybridized carbons (Fsp3) is 0.103. The van der Waals surface area contributed by atoms with Crippen LogP contribution >= 0.6 is 12.6 Å². The number of anilines is 3. The smallest absolute Gasteiger partial charge is 0.137 e. The third-order valence-corrected chi connectivity index (χ3v) is 6.96. The fourth-order valence-electron chi connectivity index (χ4n) is 4.90. The van der Waals surface area contributed by atoms with Crippen molar-refractivity contribution in [2.75, 3.05) is 4.90 Å². The SMILES string of the molecule is CC1(C)c2ccccc2N(c2ccccn2)c2cc(-c3ccc4cccc(S)c4n3)ccc21. The van der Waals surface area contributed by atoms with Gasteiger partial charge in [-0.1, -0.05) is 68.4 Å². The molecule has 0 fully saturated rings. The summed E-state index contributed by atoms with van der Waals surface area (Å²) in [5.74, 6) is 0.906. The third kappa shape index (κ3) is 3.13. The molecule has 5 aromatic rings. The quantitative estimate of drug-likeness (QED) is 0.282. The van der Waals surface area contributed by atoms with Gasteiger partial charge < -0.3 is 0 Å². The van der Waals surface area contributed by atoms with Crippen LogP contribution in [0, 0.1) is 0 Å². The van der Waals surface area contributed by atoms with Crippen molar-refractivity contribution >= 4 is 40.7 Å². The monoisotopic (exact) mass is 445 g/mol. The topological polar surface area (TPSA) is 29.0 Å². The maximum absolute atomic E-state index is 4.96. The first-order valence-corrected chi connectivity index (χ1v) is 11.5. The highest BCUT2D eigenvalue weighted by Crippen LogP contribution is 2.52. The Morgan fingerprint density at radius 1 is 0.758 bits per heavy atom. The molecule has 2 aromatic heterocycles. The molecule has 0 saturated heterocycles. The third-order valence-electron chi connectivity index (χ3n) is 6.60. The Labute approximate surface area is 199 Å². The van der Waals surface area contributed by atoms with Crippen molar-refractivity contribution in [3.63, 3.8) is 0 Å². The number of thiol groups is 1. The molecule has 0 bridgehead atoms. The zero-order valence-corrected chi connectivity index (χ0v) is 19.4. The van der Waals surface area contributed by atoms with E-state index in [1.807, 2.05) is 30.5 Å².